The number of fused-ring (bicyclic) bond motifs is 3. The molecule has 0 atom stereocenters. The van der Waals surface area contributed by atoms with Crippen molar-refractivity contribution >= 4 is 28.4 Å². The molecule has 2 aromatic heterocycles. The number of rotatable bonds is 3. The van der Waals surface area contributed by atoms with Crippen molar-refractivity contribution in [1.29, 1.82) is 0 Å². The van der Waals surface area contributed by atoms with Crippen LogP contribution in [-0.2, 0) is 13.0 Å². The first kappa shape index (κ1) is 16.9. The van der Waals surface area contributed by atoms with Crippen LogP contribution in [0.5, 0.6) is 0 Å². The average Bonchev–Trinajstić information content (AvgIpc) is 3.13. The van der Waals surface area contributed by atoms with Gasteiger partial charge in [0.05, 0.1) is 4.92 Å². The van der Waals surface area contributed by atoms with E-state index >= 15 is 0 Å². The predicted molar refractivity (Wildman–Crippen MR) is 106 cm³/mol. The summed E-state index contributed by atoms with van der Waals surface area (Å²) >= 11 is 0. The van der Waals surface area contributed by atoms with Gasteiger partial charge in [-0.25, -0.2) is 15.0 Å². The van der Waals surface area contributed by atoms with E-state index in [0.717, 1.165) is 67.6 Å². The number of hydrogen-bond acceptors (Lipinski definition) is 7. The molecule has 9 heteroatoms. The van der Waals surface area contributed by atoms with Gasteiger partial charge in [0.15, 0.2) is 17.0 Å². The van der Waals surface area contributed by atoms with Crippen molar-refractivity contribution in [2.24, 2.45) is 0 Å². The van der Waals surface area contributed by atoms with Gasteiger partial charge in [0.25, 0.3) is 5.69 Å². The molecule has 1 aromatic carbocycles. The van der Waals surface area contributed by atoms with Gasteiger partial charge in [-0.1, -0.05) is 0 Å². The molecule has 0 bridgehead atoms. The van der Waals surface area contributed by atoms with Crippen molar-refractivity contribution in [2.75, 3.05) is 36.0 Å². The molecule has 0 N–H and O–H groups in total. The lowest BCUT2D eigenvalue weighted by Crippen LogP contribution is -2.47. The summed E-state index contributed by atoms with van der Waals surface area (Å²) in [6.45, 7) is 4.29. The number of nitrogens with zero attached hydrogens (tertiary/aromatic N) is 7. The van der Waals surface area contributed by atoms with Gasteiger partial charge >= 0.3 is 0 Å². The highest BCUT2D eigenvalue weighted by atomic mass is 16.6. The molecule has 0 radical (unpaired) electrons. The van der Waals surface area contributed by atoms with Gasteiger partial charge in [-0.2, -0.15) is 0 Å². The Morgan fingerprint density at radius 1 is 0.929 bits per heavy atom. The molecule has 0 aliphatic carbocycles. The molecule has 144 valence electrons. The number of anilines is 2. The highest BCUT2D eigenvalue weighted by molar-refractivity contribution is 5.84. The largest absolute Gasteiger partial charge is 0.368 e. The van der Waals surface area contributed by atoms with E-state index in [4.69, 9.17) is 4.98 Å². The molecule has 1 fully saturated rings. The number of piperazine rings is 1. The maximum Gasteiger partial charge on any atom is 0.269 e. The molecule has 0 amide bonds. The van der Waals surface area contributed by atoms with Crippen molar-refractivity contribution in [3.63, 3.8) is 0 Å². The Kier molecular flexibility index (Phi) is 4.07. The summed E-state index contributed by atoms with van der Waals surface area (Å²) in [7, 11) is 0. The van der Waals surface area contributed by atoms with E-state index in [1.807, 2.05) is 12.1 Å². The highest BCUT2D eigenvalue weighted by Crippen LogP contribution is 2.28. The Morgan fingerprint density at radius 2 is 1.68 bits per heavy atom. The molecule has 0 unspecified atom stereocenters. The predicted octanol–water partition coefficient (Wildman–Crippen LogP) is 2.40. The summed E-state index contributed by atoms with van der Waals surface area (Å²) in [4.78, 5) is 28.9. The van der Waals surface area contributed by atoms with E-state index in [-0.39, 0.29) is 10.6 Å². The summed E-state index contributed by atoms with van der Waals surface area (Å²) in [5.74, 6) is 2.03. The van der Waals surface area contributed by atoms with E-state index in [1.165, 1.54) is 12.8 Å². The number of benzene rings is 1. The van der Waals surface area contributed by atoms with Crippen LogP contribution in [0.3, 0.4) is 0 Å². The third-order valence-electron chi connectivity index (χ3n) is 5.63. The Bertz CT molecular complexity index is 1020. The van der Waals surface area contributed by atoms with Gasteiger partial charge < -0.3 is 14.4 Å². The van der Waals surface area contributed by atoms with Crippen molar-refractivity contribution in [3.8, 4) is 0 Å². The summed E-state index contributed by atoms with van der Waals surface area (Å²) in [5.41, 5.74) is 2.98. The topological polar surface area (TPSA) is 93.2 Å². The molecule has 1 saturated heterocycles. The third-order valence-corrected chi connectivity index (χ3v) is 5.63. The Labute approximate surface area is 161 Å². The van der Waals surface area contributed by atoms with Gasteiger partial charge in [0, 0.05) is 57.0 Å². The second-order valence-corrected chi connectivity index (χ2v) is 7.25. The van der Waals surface area contributed by atoms with Crippen molar-refractivity contribution < 1.29 is 4.92 Å². The van der Waals surface area contributed by atoms with Crippen LogP contribution in [-0.4, -0.2) is 50.6 Å². The van der Waals surface area contributed by atoms with Crippen molar-refractivity contribution in [1.82, 2.24) is 19.5 Å². The first-order valence-corrected chi connectivity index (χ1v) is 9.65. The Morgan fingerprint density at radius 3 is 2.43 bits per heavy atom. The maximum absolute atomic E-state index is 10.8. The zero-order valence-electron chi connectivity index (χ0n) is 15.5. The van der Waals surface area contributed by atoms with Crippen LogP contribution in [0.15, 0.2) is 30.6 Å². The molecule has 2 aliphatic heterocycles. The minimum atomic E-state index is -0.369. The summed E-state index contributed by atoms with van der Waals surface area (Å²) in [6.07, 6.45) is 5.00. The smallest absolute Gasteiger partial charge is 0.269 e. The minimum Gasteiger partial charge on any atom is -0.368 e. The quantitative estimate of drug-likeness (QED) is 0.509. The SMILES string of the molecule is O=[N+]([O-])c1ccc(N2CCN(c3ncnc4c3nc3n4CCCC3)CC2)cc1. The van der Waals surface area contributed by atoms with Crippen LogP contribution in [0.1, 0.15) is 18.7 Å². The van der Waals surface area contributed by atoms with Crippen LogP contribution in [0, 0.1) is 10.1 Å². The zero-order valence-corrected chi connectivity index (χ0v) is 15.5. The average molecular weight is 379 g/mol. The van der Waals surface area contributed by atoms with E-state index in [9.17, 15) is 10.1 Å². The minimum absolute atomic E-state index is 0.120. The van der Waals surface area contributed by atoms with Crippen LogP contribution < -0.4 is 9.80 Å². The van der Waals surface area contributed by atoms with Crippen LogP contribution in [0.4, 0.5) is 17.2 Å². The van der Waals surface area contributed by atoms with Gasteiger partial charge in [0.1, 0.15) is 12.2 Å². The maximum atomic E-state index is 10.8. The first-order valence-electron chi connectivity index (χ1n) is 9.65. The number of aryl methyl sites for hydroxylation is 2. The number of aromatic nitrogens is 4. The molecule has 4 heterocycles. The molecule has 0 saturated carbocycles. The number of nitro groups is 1. The summed E-state index contributed by atoms with van der Waals surface area (Å²) in [6, 6.07) is 6.76. The van der Waals surface area contributed by atoms with E-state index in [2.05, 4.69) is 24.3 Å². The van der Waals surface area contributed by atoms with Crippen LogP contribution >= 0.6 is 0 Å². The van der Waals surface area contributed by atoms with Gasteiger partial charge in [0.2, 0.25) is 0 Å². The molecule has 9 nitrogen and oxygen atoms in total. The fourth-order valence-electron chi connectivity index (χ4n) is 4.14. The second kappa shape index (κ2) is 6.74. The lowest BCUT2D eigenvalue weighted by molar-refractivity contribution is -0.384. The number of nitro benzene ring substituents is 1. The first-order chi connectivity index (χ1) is 13.7. The lowest BCUT2D eigenvalue weighted by atomic mass is 10.2. The molecule has 2 aliphatic rings. The van der Waals surface area contributed by atoms with E-state index in [1.54, 1.807) is 18.5 Å². The fraction of sp³-hybridized carbons (Fsp3) is 0.421. The molecule has 0 spiro atoms. The van der Waals surface area contributed by atoms with Crippen LogP contribution in [0.25, 0.3) is 11.2 Å². The Balaban J connectivity index is 1.35. The molecule has 3 aromatic rings. The van der Waals surface area contributed by atoms with E-state index < -0.39 is 0 Å². The zero-order chi connectivity index (χ0) is 19.1. The third kappa shape index (κ3) is 2.83. The van der Waals surface area contributed by atoms with Gasteiger partial charge in [-0.15, -0.1) is 0 Å². The Hall–Kier alpha value is -3.23. The number of imidazole rings is 1. The standard InChI is InChI=1S/C19H21N7O2/c27-26(28)15-6-4-14(5-7-15)23-9-11-24(12-10-23)18-17-19(21-13-20-18)25-8-2-1-3-16(25)22-17/h4-7,13H,1-3,8-12H2. The molecular weight excluding hydrogens is 358 g/mol. The van der Waals surface area contributed by atoms with Gasteiger partial charge in [-0.3, -0.25) is 10.1 Å². The normalized spacial score (nSPS) is 17.0. The second-order valence-electron chi connectivity index (χ2n) is 7.25. The lowest BCUT2D eigenvalue weighted by Gasteiger charge is -2.36. The molecule has 5 rings (SSSR count). The van der Waals surface area contributed by atoms with Crippen molar-refractivity contribution in [2.45, 2.75) is 25.8 Å². The molecule has 28 heavy (non-hydrogen) atoms. The monoisotopic (exact) mass is 379 g/mol. The van der Waals surface area contributed by atoms with E-state index in [0.29, 0.717) is 0 Å². The van der Waals surface area contributed by atoms with Crippen LogP contribution in [0.2, 0.25) is 0 Å². The van der Waals surface area contributed by atoms with Crippen molar-refractivity contribution in [3.05, 3.63) is 46.5 Å². The molecular formula is C19H21N7O2. The highest BCUT2D eigenvalue weighted by Gasteiger charge is 2.24. The summed E-state index contributed by atoms with van der Waals surface area (Å²) < 4.78 is 2.23. The number of hydrogen-bond donors (Lipinski definition) is 0. The van der Waals surface area contributed by atoms with Gasteiger partial charge in [-0.05, 0) is 25.0 Å². The summed E-state index contributed by atoms with van der Waals surface area (Å²) in [5, 5.41) is 10.8. The fourth-order valence-corrected chi connectivity index (χ4v) is 4.14. The number of non-ortho nitro benzene ring substituents is 1.